The van der Waals surface area contributed by atoms with Gasteiger partial charge in [0.1, 0.15) is 12.2 Å². The second-order valence-corrected chi connectivity index (χ2v) is 4.05. The standard InChI is InChI=1S/C10H13FN2O6/c1-18-4-2-13(10(17)12-8(4)16)9-7(15)6(11)5(3-14)19-9/h2,5-7,9,14-15H,3H2,1H3,(H,12,16,17)/t5-,6+,7?,9-/m1/s1. The lowest BCUT2D eigenvalue weighted by Gasteiger charge is -2.17. The Morgan fingerprint density at radius 3 is 2.79 bits per heavy atom. The number of H-pyrrole nitrogens is 1. The topological polar surface area (TPSA) is 114 Å². The van der Waals surface area contributed by atoms with E-state index >= 15 is 0 Å². The third-order valence-corrected chi connectivity index (χ3v) is 2.90. The Labute approximate surface area is 106 Å². The number of aliphatic hydroxyl groups excluding tert-OH is 2. The van der Waals surface area contributed by atoms with Crippen LogP contribution in [0.1, 0.15) is 6.23 Å². The summed E-state index contributed by atoms with van der Waals surface area (Å²) in [5, 5.41) is 18.6. The number of aromatic nitrogens is 2. The molecule has 1 aliphatic heterocycles. The number of rotatable bonds is 3. The van der Waals surface area contributed by atoms with Gasteiger partial charge in [0.15, 0.2) is 12.4 Å². The van der Waals surface area contributed by atoms with Crippen LogP contribution in [-0.2, 0) is 4.74 Å². The van der Waals surface area contributed by atoms with Crippen molar-refractivity contribution in [1.29, 1.82) is 0 Å². The van der Waals surface area contributed by atoms with E-state index in [2.05, 4.69) is 0 Å². The molecule has 0 aliphatic carbocycles. The molecule has 1 unspecified atom stereocenters. The third-order valence-electron chi connectivity index (χ3n) is 2.90. The van der Waals surface area contributed by atoms with Gasteiger partial charge in [0.25, 0.3) is 5.56 Å². The van der Waals surface area contributed by atoms with Crippen LogP contribution in [0.15, 0.2) is 15.8 Å². The minimum absolute atomic E-state index is 0.182. The summed E-state index contributed by atoms with van der Waals surface area (Å²) in [5.41, 5.74) is -1.62. The molecule has 1 aromatic heterocycles. The lowest BCUT2D eigenvalue weighted by atomic mass is 10.1. The normalized spacial score (nSPS) is 30.5. The van der Waals surface area contributed by atoms with E-state index < -0.39 is 42.5 Å². The minimum atomic E-state index is -1.83. The first-order valence-electron chi connectivity index (χ1n) is 5.47. The van der Waals surface area contributed by atoms with Gasteiger partial charge in [-0.2, -0.15) is 0 Å². The van der Waals surface area contributed by atoms with Crippen molar-refractivity contribution in [3.63, 3.8) is 0 Å². The lowest BCUT2D eigenvalue weighted by molar-refractivity contribution is -0.0540. The van der Waals surface area contributed by atoms with Crippen LogP contribution in [0.5, 0.6) is 5.75 Å². The number of ether oxygens (including phenoxy) is 2. The zero-order valence-corrected chi connectivity index (χ0v) is 9.95. The molecule has 1 aromatic rings. The number of hydrogen-bond acceptors (Lipinski definition) is 6. The largest absolute Gasteiger partial charge is 0.490 e. The molecular weight excluding hydrogens is 263 g/mol. The average Bonchev–Trinajstić information content (AvgIpc) is 2.67. The summed E-state index contributed by atoms with van der Waals surface area (Å²) in [5.74, 6) is -0.182. The van der Waals surface area contributed by atoms with Crippen LogP contribution in [0.3, 0.4) is 0 Å². The maximum Gasteiger partial charge on any atom is 0.330 e. The number of nitrogens with zero attached hydrogens (tertiary/aromatic N) is 1. The molecule has 1 aliphatic rings. The summed E-state index contributed by atoms with van der Waals surface area (Å²) >= 11 is 0. The van der Waals surface area contributed by atoms with E-state index in [1.807, 2.05) is 4.98 Å². The average molecular weight is 276 g/mol. The van der Waals surface area contributed by atoms with Gasteiger partial charge < -0.3 is 19.7 Å². The zero-order chi connectivity index (χ0) is 14.2. The first-order valence-corrected chi connectivity index (χ1v) is 5.47. The van der Waals surface area contributed by atoms with Gasteiger partial charge in [-0.3, -0.25) is 14.3 Å². The molecule has 0 aromatic carbocycles. The maximum absolute atomic E-state index is 13.6. The van der Waals surface area contributed by atoms with E-state index in [1.165, 1.54) is 7.11 Å². The molecule has 19 heavy (non-hydrogen) atoms. The Balaban J connectivity index is 2.43. The molecule has 106 valence electrons. The number of hydrogen-bond donors (Lipinski definition) is 3. The van der Waals surface area contributed by atoms with E-state index in [9.17, 15) is 19.1 Å². The van der Waals surface area contributed by atoms with Crippen molar-refractivity contribution in [2.45, 2.75) is 24.6 Å². The van der Waals surface area contributed by atoms with Crippen LogP contribution in [0.25, 0.3) is 0 Å². The molecule has 4 atom stereocenters. The van der Waals surface area contributed by atoms with Crippen molar-refractivity contribution < 1.29 is 24.1 Å². The maximum atomic E-state index is 13.6. The van der Waals surface area contributed by atoms with Gasteiger partial charge >= 0.3 is 5.69 Å². The second-order valence-electron chi connectivity index (χ2n) is 4.05. The molecule has 8 nitrogen and oxygen atoms in total. The summed E-state index contributed by atoms with van der Waals surface area (Å²) in [4.78, 5) is 24.9. The summed E-state index contributed by atoms with van der Waals surface area (Å²) in [6, 6.07) is 0. The fourth-order valence-corrected chi connectivity index (χ4v) is 1.89. The van der Waals surface area contributed by atoms with E-state index in [0.717, 1.165) is 10.8 Å². The Hall–Kier alpha value is -1.71. The number of nitrogens with one attached hydrogen (secondary N) is 1. The number of halogens is 1. The Morgan fingerprint density at radius 2 is 2.26 bits per heavy atom. The van der Waals surface area contributed by atoms with Crippen molar-refractivity contribution in [3.8, 4) is 5.75 Å². The van der Waals surface area contributed by atoms with Crippen LogP contribution < -0.4 is 16.0 Å². The zero-order valence-electron chi connectivity index (χ0n) is 9.95. The molecule has 1 fully saturated rings. The van der Waals surface area contributed by atoms with Gasteiger partial charge in [-0.15, -0.1) is 0 Å². The molecular formula is C10H13FN2O6. The molecule has 1 saturated heterocycles. The molecule has 2 rings (SSSR count). The highest BCUT2D eigenvalue weighted by atomic mass is 19.1. The number of aromatic amines is 1. The van der Waals surface area contributed by atoms with Gasteiger partial charge in [-0.05, 0) is 0 Å². The Bertz CT molecular complexity index is 570. The van der Waals surface area contributed by atoms with Crippen molar-refractivity contribution in [1.82, 2.24) is 9.55 Å². The fraction of sp³-hybridized carbons (Fsp3) is 0.600. The van der Waals surface area contributed by atoms with Crippen molar-refractivity contribution in [2.24, 2.45) is 0 Å². The molecule has 0 radical (unpaired) electrons. The molecule has 0 bridgehead atoms. The smallest absolute Gasteiger partial charge is 0.330 e. The molecule has 3 N–H and O–H groups in total. The van der Waals surface area contributed by atoms with Crippen LogP contribution in [0.2, 0.25) is 0 Å². The van der Waals surface area contributed by atoms with E-state index in [4.69, 9.17) is 14.6 Å². The molecule has 9 heteroatoms. The predicted molar refractivity (Wildman–Crippen MR) is 59.8 cm³/mol. The Morgan fingerprint density at radius 1 is 1.58 bits per heavy atom. The second kappa shape index (κ2) is 5.11. The molecule has 2 heterocycles. The summed E-state index contributed by atoms with van der Waals surface area (Å²) in [7, 11) is 1.22. The highest BCUT2D eigenvalue weighted by Crippen LogP contribution is 2.30. The van der Waals surface area contributed by atoms with Crippen molar-refractivity contribution in [2.75, 3.05) is 13.7 Å². The van der Waals surface area contributed by atoms with Crippen molar-refractivity contribution in [3.05, 3.63) is 27.0 Å². The van der Waals surface area contributed by atoms with Crippen LogP contribution in [-0.4, -0.2) is 51.9 Å². The van der Waals surface area contributed by atoms with E-state index in [0.29, 0.717) is 0 Å². The first-order chi connectivity index (χ1) is 8.99. The Kier molecular flexibility index (Phi) is 3.69. The van der Waals surface area contributed by atoms with Crippen molar-refractivity contribution >= 4 is 0 Å². The van der Waals surface area contributed by atoms with Crippen LogP contribution >= 0.6 is 0 Å². The van der Waals surface area contributed by atoms with Gasteiger partial charge in [-0.25, -0.2) is 9.18 Å². The van der Waals surface area contributed by atoms with Gasteiger partial charge in [0.2, 0.25) is 5.75 Å². The number of methoxy groups -OCH3 is 1. The highest BCUT2D eigenvalue weighted by Gasteiger charge is 2.45. The predicted octanol–water partition coefficient (Wildman–Crippen LogP) is -1.87. The van der Waals surface area contributed by atoms with Gasteiger partial charge in [0.05, 0.1) is 19.9 Å². The number of aliphatic hydroxyl groups is 2. The summed E-state index contributed by atoms with van der Waals surface area (Å²) in [6.45, 7) is -0.635. The minimum Gasteiger partial charge on any atom is -0.490 e. The SMILES string of the molecule is COc1cn([C@@H]2O[C@H](CO)[C@H](F)C2O)c(=O)[nH]c1=O. The quantitative estimate of drug-likeness (QED) is 0.596. The van der Waals surface area contributed by atoms with E-state index in [-0.39, 0.29) is 5.75 Å². The number of alkyl halides is 1. The fourth-order valence-electron chi connectivity index (χ4n) is 1.89. The summed E-state index contributed by atoms with van der Waals surface area (Å²) < 4.78 is 24.2. The van der Waals surface area contributed by atoms with E-state index in [1.54, 1.807) is 0 Å². The molecule has 0 saturated carbocycles. The monoisotopic (exact) mass is 276 g/mol. The lowest BCUT2D eigenvalue weighted by Crippen LogP contribution is -2.37. The molecule has 0 spiro atoms. The molecule has 0 amide bonds. The third kappa shape index (κ3) is 2.27. The van der Waals surface area contributed by atoms with Gasteiger partial charge in [-0.1, -0.05) is 0 Å². The van der Waals surface area contributed by atoms with Gasteiger partial charge in [0, 0.05) is 0 Å². The van der Waals surface area contributed by atoms with Crippen LogP contribution in [0, 0.1) is 0 Å². The van der Waals surface area contributed by atoms with Crippen LogP contribution in [0.4, 0.5) is 4.39 Å². The summed E-state index contributed by atoms with van der Waals surface area (Å²) in [6.07, 6.45) is -5.03. The highest BCUT2D eigenvalue weighted by molar-refractivity contribution is 5.12. The first kappa shape index (κ1) is 13.7.